The predicted molar refractivity (Wildman–Crippen MR) is 58.4 cm³/mol. The molecule has 1 aromatic rings. The summed E-state index contributed by atoms with van der Waals surface area (Å²) in [6, 6.07) is 1.47. The molecule has 0 atom stereocenters. The predicted octanol–water partition coefficient (Wildman–Crippen LogP) is 5.24. The summed E-state index contributed by atoms with van der Waals surface area (Å²) in [4.78, 5) is 11.4. The van der Waals surface area contributed by atoms with E-state index in [1.54, 1.807) is 0 Å². The van der Waals surface area contributed by atoms with Gasteiger partial charge in [0.05, 0.1) is 5.56 Å². The number of hydrogen-bond acceptors (Lipinski definition) is 2. The van der Waals surface area contributed by atoms with Crippen molar-refractivity contribution in [1.29, 1.82) is 0 Å². The molecule has 1 aromatic carbocycles. The topological polar surface area (TPSA) is 26.3 Å². The third-order valence-corrected chi connectivity index (χ3v) is 2.79. The Hall–Kier alpha value is -2.15. The molecule has 0 N–H and O–H groups in total. The van der Waals surface area contributed by atoms with Crippen LogP contribution in [0.25, 0.3) is 0 Å². The van der Waals surface area contributed by atoms with E-state index in [2.05, 4.69) is 4.74 Å². The second kappa shape index (κ2) is 6.23. The van der Waals surface area contributed by atoms with E-state index in [0.717, 1.165) is 0 Å². The van der Waals surface area contributed by atoms with Gasteiger partial charge in [-0.05, 0) is 12.1 Å². The largest absolute Gasteiger partial charge is 0.573 e. The molecule has 0 unspecified atom stereocenters. The van der Waals surface area contributed by atoms with Gasteiger partial charge in [0.15, 0.2) is 0 Å². The number of ketones is 1. The van der Waals surface area contributed by atoms with Crippen LogP contribution in [0.2, 0.25) is 0 Å². The maximum Gasteiger partial charge on any atom is 0.573 e. The number of para-hydroxylation sites is 1. The van der Waals surface area contributed by atoms with Crippen molar-refractivity contribution in [1.82, 2.24) is 0 Å². The SMILES string of the molecule is O=C(c1ccccc1OC(F)(F)F)C(F)(F)C(F)(F)C(F)(F)C(F)(F)F. The minimum absolute atomic E-state index is 0.0547. The zero-order valence-corrected chi connectivity index (χ0v) is 11.7. The number of halogens is 12. The number of carbonyl (C=O) groups excluding carboxylic acids is 1. The summed E-state index contributed by atoms with van der Waals surface area (Å²) in [7, 11) is 0. The highest BCUT2D eigenvalue weighted by Gasteiger charge is 2.83. The molecule has 0 aliphatic heterocycles. The molecule has 0 aromatic heterocycles. The minimum atomic E-state index is -7.36. The lowest BCUT2D eigenvalue weighted by Gasteiger charge is -2.32. The summed E-state index contributed by atoms with van der Waals surface area (Å²) in [6.07, 6.45) is -12.8. The van der Waals surface area contributed by atoms with Crippen LogP contribution >= 0.6 is 0 Å². The lowest BCUT2D eigenvalue weighted by atomic mass is 9.95. The van der Waals surface area contributed by atoms with Gasteiger partial charge in [0.2, 0.25) is 5.78 Å². The van der Waals surface area contributed by atoms with E-state index in [0.29, 0.717) is 12.1 Å². The van der Waals surface area contributed by atoms with Crippen LogP contribution in [0.3, 0.4) is 0 Å². The summed E-state index contributed by atoms with van der Waals surface area (Å²) in [5.41, 5.74) is -1.98. The van der Waals surface area contributed by atoms with Crippen LogP contribution in [-0.2, 0) is 0 Å². The second-order valence-corrected chi connectivity index (χ2v) is 4.59. The standard InChI is InChI=1S/C12H4F12O2/c13-8(14,9(15,16)10(17,18)11(19,20)21)7(25)5-3-1-2-4-6(5)26-12(22,23)24/h1-4H. The molecule has 0 amide bonds. The first-order chi connectivity index (χ1) is 11.4. The van der Waals surface area contributed by atoms with Crippen LogP contribution in [0, 0.1) is 0 Å². The van der Waals surface area contributed by atoms with Crippen molar-refractivity contribution in [2.24, 2.45) is 0 Å². The lowest BCUT2D eigenvalue weighted by Crippen LogP contribution is -2.63. The molecule has 0 aliphatic rings. The van der Waals surface area contributed by atoms with Crippen LogP contribution in [-0.4, -0.2) is 36.1 Å². The molecule has 26 heavy (non-hydrogen) atoms. The first-order valence-electron chi connectivity index (χ1n) is 5.96. The van der Waals surface area contributed by atoms with Gasteiger partial charge in [-0.15, -0.1) is 13.2 Å². The number of carbonyl (C=O) groups is 1. The van der Waals surface area contributed by atoms with E-state index in [-0.39, 0.29) is 12.1 Å². The van der Waals surface area contributed by atoms with Crippen LogP contribution in [0.15, 0.2) is 24.3 Å². The Labute approximate surface area is 135 Å². The van der Waals surface area contributed by atoms with E-state index in [9.17, 15) is 57.5 Å². The maximum absolute atomic E-state index is 13.5. The van der Waals surface area contributed by atoms with Crippen molar-refractivity contribution in [3.63, 3.8) is 0 Å². The molecular weight excluding hydrogens is 404 g/mol. The van der Waals surface area contributed by atoms with E-state index < -0.39 is 47.4 Å². The fourth-order valence-corrected chi connectivity index (χ4v) is 1.55. The number of benzene rings is 1. The second-order valence-electron chi connectivity index (χ2n) is 4.59. The van der Waals surface area contributed by atoms with Gasteiger partial charge >= 0.3 is 30.3 Å². The normalized spacial score (nSPS) is 14.3. The number of rotatable bonds is 5. The van der Waals surface area contributed by atoms with Gasteiger partial charge in [-0.25, -0.2) is 0 Å². The fourth-order valence-electron chi connectivity index (χ4n) is 1.55. The van der Waals surface area contributed by atoms with E-state index in [4.69, 9.17) is 0 Å². The Bertz CT molecular complexity index is 674. The fraction of sp³-hybridized carbons (Fsp3) is 0.417. The van der Waals surface area contributed by atoms with Crippen molar-refractivity contribution in [2.45, 2.75) is 30.3 Å². The summed E-state index contributed by atoms with van der Waals surface area (Å²) in [6.45, 7) is 0. The first-order valence-corrected chi connectivity index (χ1v) is 5.96. The zero-order valence-electron chi connectivity index (χ0n) is 11.7. The van der Waals surface area contributed by atoms with Gasteiger partial charge < -0.3 is 4.74 Å². The average molecular weight is 408 g/mol. The van der Waals surface area contributed by atoms with Gasteiger partial charge in [0.1, 0.15) is 5.75 Å². The molecule has 0 saturated carbocycles. The first kappa shape index (κ1) is 21.9. The van der Waals surface area contributed by atoms with Crippen LogP contribution < -0.4 is 4.74 Å². The third kappa shape index (κ3) is 3.67. The summed E-state index contributed by atoms with van der Waals surface area (Å²) in [5.74, 6) is -26.6. The number of alkyl halides is 12. The molecule has 0 aliphatic carbocycles. The van der Waals surface area contributed by atoms with Gasteiger partial charge in [-0.2, -0.15) is 39.5 Å². The average Bonchev–Trinajstić information content (AvgIpc) is 2.43. The number of ether oxygens (including phenoxy) is 1. The third-order valence-electron chi connectivity index (χ3n) is 2.79. The maximum atomic E-state index is 13.5. The molecular formula is C12H4F12O2. The highest BCUT2D eigenvalue weighted by atomic mass is 19.4. The quantitative estimate of drug-likeness (QED) is 0.493. The van der Waals surface area contributed by atoms with Gasteiger partial charge in [-0.1, -0.05) is 12.1 Å². The van der Waals surface area contributed by atoms with Crippen molar-refractivity contribution >= 4 is 5.78 Å². The molecule has 0 fully saturated rings. The van der Waals surface area contributed by atoms with Crippen LogP contribution in [0.5, 0.6) is 5.75 Å². The van der Waals surface area contributed by atoms with Crippen molar-refractivity contribution in [3.8, 4) is 5.75 Å². The lowest BCUT2D eigenvalue weighted by molar-refractivity contribution is -0.386. The van der Waals surface area contributed by atoms with E-state index in [1.165, 1.54) is 0 Å². The summed E-state index contributed by atoms with van der Waals surface area (Å²) >= 11 is 0. The Morgan fingerprint density at radius 3 is 1.62 bits per heavy atom. The molecule has 0 heterocycles. The molecule has 1 rings (SSSR count). The molecule has 0 saturated heterocycles. The number of hydrogen-bond donors (Lipinski definition) is 0. The Balaban J connectivity index is 3.45. The van der Waals surface area contributed by atoms with Crippen molar-refractivity contribution in [3.05, 3.63) is 29.8 Å². The van der Waals surface area contributed by atoms with Crippen molar-refractivity contribution in [2.75, 3.05) is 0 Å². The highest BCUT2D eigenvalue weighted by Crippen LogP contribution is 2.54. The van der Waals surface area contributed by atoms with Crippen LogP contribution in [0.1, 0.15) is 10.4 Å². The Kier molecular flexibility index (Phi) is 5.24. The summed E-state index contributed by atoms with van der Waals surface area (Å²) < 4.78 is 154. The summed E-state index contributed by atoms with van der Waals surface area (Å²) in [5, 5.41) is 0. The molecule has 0 radical (unpaired) electrons. The minimum Gasteiger partial charge on any atom is -0.405 e. The molecule has 2 nitrogen and oxygen atoms in total. The Morgan fingerprint density at radius 1 is 0.731 bits per heavy atom. The molecule has 148 valence electrons. The molecule has 0 bridgehead atoms. The molecule has 0 spiro atoms. The monoisotopic (exact) mass is 408 g/mol. The van der Waals surface area contributed by atoms with Crippen molar-refractivity contribution < 1.29 is 62.2 Å². The van der Waals surface area contributed by atoms with E-state index in [1.807, 2.05) is 0 Å². The smallest absolute Gasteiger partial charge is 0.405 e. The number of Topliss-reactive ketones (excluding diaryl/α,β-unsaturated/α-hetero) is 1. The Morgan fingerprint density at radius 2 is 1.19 bits per heavy atom. The molecule has 14 heteroatoms. The van der Waals surface area contributed by atoms with Gasteiger partial charge in [0, 0.05) is 0 Å². The van der Waals surface area contributed by atoms with Gasteiger partial charge in [0.25, 0.3) is 0 Å². The van der Waals surface area contributed by atoms with E-state index >= 15 is 0 Å². The van der Waals surface area contributed by atoms with Gasteiger partial charge in [-0.3, -0.25) is 4.79 Å². The van der Waals surface area contributed by atoms with Crippen LogP contribution in [0.4, 0.5) is 52.7 Å². The highest BCUT2D eigenvalue weighted by molar-refractivity contribution is 6.04. The zero-order chi connectivity index (χ0) is 20.8.